The number of fused-ring (bicyclic) bond motifs is 1. The number of halogens is 1. The van der Waals surface area contributed by atoms with Crippen LogP contribution < -0.4 is 5.19 Å². The Hall–Kier alpha value is -1.15. The summed E-state index contributed by atoms with van der Waals surface area (Å²) < 4.78 is 14.8. The summed E-state index contributed by atoms with van der Waals surface area (Å²) in [7, 11) is -1.63. The smallest absolute Gasteiger partial charge is 0.130 e. The normalized spacial score (nSPS) is 12.0. The summed E-state index contributed by atoms with van der Waals surface area (Å²) in [6.07, 6.45) is 0. The van der Waals surface area contributed by atoms with Gasteiger partial charge < -0.3 is 0 Å². The first-order valence-corrected chi connectivity index (χ1v) is 9.48. The molecule has 0 saturated heterocycles. The molecule has 2 rings (SSSR count). The largest absolute Gasteiger partial charge is 0.206 e. The van der Waals surface area contributed by atoms with E-state index in [-0.39, 0.29) is 5.82 Å². The average Bonchev–Trinajstić information content (AvgIpc) is 2.43. The van der Waals surface area contributed by atoms with Crippen molar-refractivity contribution in [2.45, 2.75) is 38.9 Å². The van der Waals surface area contributed by atoms with E-state index in [2.05, 4.69) is 26.8 Å². The maximum Gasteiger partial charge on any atom is 0.130 e. The molecular formula is C16H21FSi. The van der Waals surface area contributed by atoms with Crippen molar-refractivity contribution in [2.24, 2.45) is 0 Å². The van der Waals surface area contributed by atoms with Crippen LogP contribution in [0.1, 0.15) is 20.8 Å². The van der Waals surface area contributed by atoms with Crippen molar-refractivity contribution in [3.8, 4) is 0 Å². The molecule has 2 heteroatoms. The van der Waals surface area contributed by atoms with Gasteiger partial charge in [-0.1, -0.05) is 75.3 Å². The molecule has 0 spiro atoms. The van der Waals surface area contributed by atoms with Crippen molar-refractivity contribution in [3.05, 3.63) is 42.2 Å². The molecular weight excluding hydrogens is 239 g/mol. The molecule has 2 aromatic rings. The van der Waals surface area contributed by atoms with Crippen LogP contribution in [-0.4, -0.2) is 8.07 Å². The molecule has 0 atom stereocenters. The molecule has 2 aromatic carbocycles. The van der Waals surface area contributed by atoms with Crippen LogP contribution in [0.2, 0.25) is 18.1 Å². The van der Waals surface area contributed by atoms with E-state index >= 15 is 0 Å². The lowest BCUT2D eigenvalue weighted by Crippen LogP contribution is -2.47. The Morgan fingerprint density at radius 1 is 0.889 bits per heavy atom. The number of benzene rings is 2. The fourth-order valence-corrected chi connectivity index (χ4v) is 6.64. The van der Waals surface area contributed by atoms with E-state index in [0.29, 0.717) is 0 Å². The van der Waals surface area contributed by atoms with E-state index in [0.717, 1.165) is 34.1 Å². The van der Waals surface area contributed by atoms with Crippen molar-refractivity contribution < 1.29 is 4.39 Å². The molecule has 0 nitrogen and oxygen atoms in total. The third kappa shape index (κ3) is 1.99. The first-order chi connectivity index (χ1) is 8.68. The zero-order chi connectivity index (χ0) is 13.2. The van der Waals surface area contributed by atoms with Crippen LogP contribution in [0, 0.1) is 5.82 Å². The second-order valence-corrected chi connectivity index (χ2v) is 10.2. The molecule has 18 heavy (non-hydrogen) atoms. The monoisotopic (exact) mass is 260 g/mol. The zero-order valence-electron chi connectivity index (χ0n) is 11.5. The first kappa shape index (κ1) is 13.3. The van der Waals surface area contributed by atoms with Crippen LogP contribution in [0.4, 0.5) is 4.39 Å². The van der Waals surface area contributed by atoms with E-state index in [4.69, 9.17) is 0 Å². The van der Waals surface area contributed by atoms with Crippen molar-refractivity contribution in [2.75, 3.05) is 0 Å². The standard InChI is InChI=1S/C16H21FSi/c1-4-18(5-2,6-3)15-12-11-13-9-7-8-10-14(13)16(15)17/h7-12H,4-6H2,1-3H3. The lowest BCUT2D eigenvalue weighted by atomic mass is 10.1. The maximum absolute atomic E-state index is 14.8. The minimum atomic E-state index is -1.63. The lowest BCUT2D eigenvalue weighted by Gasteiger charge is -2.29. The summed E-state index contributed by atoms with van der Waals surface area (Å²) in [5.74, 6) is 0.0327. The van der Waals surface area contributed by atoms with Crippen molar-refractivity contribution in [3.63, 3.8) is 0 Å². The van der Waals surface area contributed by atoms with Gasteiger partial charge in [-0.15, -0.1) is 0 Å². The highest BCUT2D eigenvalue weighted by molar-refractivity contribution is 6.91. The van der Waals surface area contributed by atoms with Crippen LogP contribution in [0.15, 0.2) is 36.4 Å². The van der Waals surface area contributed by atoms with Gasteiger partial charge in [-0.25, -0.2) is 4.39 Å². The average molecular weight is 260 g/mol. The Bertz CT molecular complexity index is 536. The van der Waals surface area contributed by atoms with E-state index in [1.165, 1.54) is 0 Å². The second kappa shape index (κ2) is 5.23. The molecule has 0 N–H and O–H groups in total. The van der Waals surface area contributed by atoms with E-state index in [9.17, 15) is 4.39 Å². The van der Waals surface area contributed by atoms with E-state index in [1.807, 2.05) is 30.3 Å². The molecule has 96 valence electrons. The van der Waals surface area contributed by atoms with Gasteiger partial charge in [-0.2, -0.15) is 0 Å². The van der Waals surface area contributed by atoms with Gasteiger partial charge in [0.15, 0.2) is 0 Å². The Morgan fingerprint density at radius 3 is 2.11 bits per heavy atom. The van der Waals surface area contributed by atoms with E-state index in [1.54, 1.807) is 0 Å². The number of rotatable bonds is 4. The molecule has 0 radical (unpaired) electrons. The highest BCUT2D eigenvalue weighted by Crippen LogP contribution is 2.25. The fourth-order valence-electron chi connectivity index (χ4n) is 2.96. The molecule has 0 aliphatic carbocycles. The van der Waals surface area contributed by atoms with Crippen LogP contribution in [-0.2, 0) is 0 Å². The number of hydrogen-bond acceptors (Lipinski definition) is 0. The van der Waals surface area contributed by atoms with Gasteiger partial charge in [0.1, 0.15) is 5.82 Å². The molecule has 0 aromatic heterocycles. The highest BCUT2D eigenvalue weighted by Gasteiger charge is 2.32. The summed E-state index contributed by atoms with van der Waals surface area (Å²) in [6.45, 7) is 6.65. The van der Waals surface area contributed by atoms with Crippen molar-refractivity contribution in [1.82, 2.24) is 0 Å². The van der Waals surface area contributed by atoms with Crippen LogP contribution >= 0.6 is 0 Å². The Labute approximate surface area is 110 Å². The van der Waals surface area contributed by atoms with Gasteiger partial charge in [0.05, 0.1) is 8.07 Å². The van der Waals surface area contributed by atoms with Gasteiger partial charge in [0, 0.05) is 5.39 Å². The molecule has 0 aliphatic rings. The zero-order valence-corrected chi connectivity index (χ0v) is 12.5. The molecule has 0 amide bonds. The lowest BCUT2D eigenvalue weighted by molar-refractivity contribution is 0.646. The third-order valence-corrected chi connectivity index (χ3v) is 10.1. The minimum Gasteiger partial charge on any atom is -0.206 e. The molecule has 0 aliphatic heterocycles. The van der Waals surface area contributed by atoms with Gasteiger partial charge in [0.2, 0.25) is 0 Å². The predicted molar refractivity (Wildman–Crippen MR) is 80.7 cm³/mol. The first-order valence-electron chi connectivity index (χ1n) is 6.86. The van der Waals surface area contributed by atoms with Crippen LogP contribution in [0.5, 0.6) is 0 Å². The van der Waals surface area contributed by atoms with Gasteiger partial charge >= 0.3 is 0 Å². The summed E-state index contributed by atoms with van der Waals surface area (Å²) in [5.41, 5.74) is 0. The summed E-state index contributed by atoms with van der Waals surface area (Å²) >= 11 is 0. The van der Waals surface area contributed by atoms with Gasteiger partial charge in [-0.05, 0) is 10.6 Å². The predicted octanol–water partition coefficient (Wildman–Crippen LogP) is 4.69. The molecule has 0 heterocycles. The Kier molecular flexibility index (Phi) is 3.86. The number of hydrogen-bond donors (Lipinski definition) is 0. The molecule has 0 unspecified atom stereocenters. The van der Waals surface area contributed by atoms with Crippen molar-refractivity contribution >= 4 is 24.0 Å². The maximum atomic E-state index is 14.8. The Balaban J connectivity index is 2.68. The third-order valence-electron chi connectivity index (χ3n) is 4.46. The van der Waals surface area contributed by atoms with Crippen molar-refractivity contribution in [1.29, 1.82) is 0 Å². The Morgan fingerprint density at radius 2 is 1.50 bits per heavy atom. The molecule has 0 fully saturated rings. The minimum absolute atomic E-state index is 0.0327. The fraction of sp³-hybridized carbons (Fsp3) is 0.375. The molecule has 0 bridgehead atoms. The summed E-state index contributed by atoms with van der Waals surface area (Å²) in [4.78, 5) is 0. The topological polar surface area (TPSA) is 0 Å². The summed E-state index contributed by atoms with van der Waals surface area (Å²) in [5, 5.41) is 2.81. The van der Waals surface area contributed by atoms with E-state index < -0.39 is 8.07 Å². The summed E-state index contributed by atoms with van der Waals surface area (Å²) in [6, 6.07) is 15.2. The van der Waals surface area contributed by atoms with Crippen LogP contribution in [0.25, 0.3) is 10.8 Å². The van der Waals surface area contributed by atoms with Crippen LogP contribution in [0.3, 0.4) is 0 Å². The van der Waals surface area contributed by atoms with Gasteiger partial charge in [-0.3, -0.25) is 0 Å². The SMILES string of the molecule is CC[Si](CC)(CC)c1ccc2ccccc2c1F. The molecule has 0 saturated carbocycles. The quantitative estimate of drug-likeness (QED) is 0.699. The second-order valence-electron chi connectivity index (χ2n) is 4.99. The van der Waals surface area contributed by atoms with Gasteiger partial charge in [0.25, 0.3) is 0 Å². The highest BCUT2D eigenvalue weighted by atomic mass is 28.3.